The molecule has 6 aliphatic rings. The molecule has 1 fully saturated rings. The first-order valence-corrected chi connectivity index (χ1v) is 27.1. The fourth-order valence-corrected chi connectivity index (χ4v) is 14.1. The van der Waals surface area contributed by atoms with Crippen LogP contribution in [0.5, 0.6) is 0 Å². The number of aryl methyl sites for hydroxylation is 1. The number of rotatable bonds is 3. The van der Waals surface area contributed by atoms with Gasteiger partial charge in [0.25, 0.3) is 6.71 Å². The maximum Gasteiger partial charge on any atom is 0.264 e. The van der Waals surface area contributed by atoms with Crippen molar-refractivity contribution in [2.75, 3.05) is 9.80 Å². The first-order chi connectivity index (χ1) is 31.5. The number of thiophene rings is 1. The predicted octanol–water partition coefficient (Wildman–Crippen LogP) is 17.5. The van der Waals surface area contributed by atoms with Crippen LogP contribution in [0.1, 0.15) is 172 Å². The third kappa shape index (κ3) is 7.72. The van der Waals surface area contributed by atoms with Gasteiger partial charge in [-0.2, -0.15) is 0 Å². The number of fused-ring (bicyclic) bond motifs is 6. The van der Waals surface area contributed by atoms with E-state index < -0.39 is 0 Å². The molecule has 0 radical (unpaired) electrons. The predicted molar refractivity (Wildman–Crippen MR) is 300 cm³/mol. The standard InChI is InChI=1S/C64H81BN2S/c1-38-29-53-56-54(30-38)67(51-25-23-40(59(3,4)5)34-46(51)45-22-20-19-21-39(45)2)52-37-49-48(63(15,16)27-28-64(49,17)18)36-50(52)65(56)58-57(47-35-41(60(6,7)8)24-26-55(47)68-58)66(53)44-32-42(61(9,10)11)31-43(33-44)62(12,13)14/h19-20,22-26,29-30,32-36,39,42,49H,21,27-28,31,37H2,1-18H3/t39-,42?,49?/m1/s1. The van der Waals surface area contributed by atoms with Crippen molar-refractivity contribution in [2.24, 2.45) is 39.4 Å². The lowest BCUT2D eigenvalue weighted by Crippen LogP contribution is -2.57. The first-order valence-electron chi connectivity index (χ1n) is 26.3. The van der Waals surface area contributed by atoms with Gasteiger partial charge in [-0.3, -0.25) is 0 Å². The largest absolute Gasteiger partial charge is 0.315 e. The van der Waals surface area contributed by atoms with Crippen molar-refractivity contribution < 1.29 is 0 Å². The Morgan fingerprint density at radius 3 is 2.03 bits per heavy atom. The topological polar surface area (TPSA) is 6.48 Å². The molecule has 0 amide bonds. The van der Waals surface area contributed by atoms with Crippen LogP contribution in [0.15, 0.2) is 113 Å². The molecular weight excluding hydrogens is 840 g/mol. The molecule has 3 atom stereocenters. The molecule has 3 aromatic carbocycles. The molecule has 2 nitrogen and oxygen atoms in total. The van der Waals surface area contributed by atoms with E-state index in [1.54, 1.807) is 11.1 Å². The maximum atomic E-state index is 2.83. The van der Waals surface area contributed by atoms with E-state index in [2.05, 4.69) is 231 Å². The Bertz CT molecular complexity index is 2960. The third-order valence-corrected chi connectivity index (χ3v) is 18.7. The molecule has 0 spiro atoms. The summed E-state index contributed by atoms with van der Waals surface area (Å²) in [6.07, 6.45) is 20.8. The van der Waals surface area contributed by atoms with Crippen LogP contribution >= 0.6 is 11.3 Å². The minimum absolute atomic E-state index is 0.0185. The Kier molecular flexibility index (Phi) is 10.9. The van der Waals surface area contributed by atoms with E-state index >= 15 is 0 Å². The second-order valence-corrected chi connectivity index (χ2v) is 28.7. The van der Waals surface area contributed by atoms with Gasteiger partial charge in [0.1, 0.15) is 0 Å². The van der Waals surface area contributed by atoms with E-state index in [9.17, 15) is 0 Å². The molecule has 4 heteroatoms. The Morgan fingerprint density at radius 1 is 0.721 bits per heavy atom. The lowest BCUT2D eigenvalue weighted by atomic mass is 9.34. The van der Waals surface area contributed by atoms with Crippen molar-refractivity contribution in [3.63, 3.8) is 0 Å². The van der Waals surface area contributed by atoms with Gasteiger partial charge < -0.3 is 9.80 Å². The fourth-order valence-electron chi connectivity index (χ4n) is 12.8. The maximum absolute atomic E-state index is 2.83. The molecule has 1 aromatic heterocycles. The van der Waals surface area contributed by atoms with E-state index in [4.69, 9.17) is 0 Å². The van der Waals surface area contributed by atoms with E-state index in [-0.39, 0.29) is 39.2 Å². The summed E-state index contributed by atoms with van der Waals surface area (Å²) in [5, 5.41) is 1.40. The molecule has 4 aromatic rings. The highest BCUT2D eigenvalue weighted by Crippen LogP contribution is 2.60. The van der Waals surface area contributed by atoms with Gasteiger partial charge in [-0.1, -0.05) is 171 Å². The van der Waals surface area contributed by atoms with Gasteiger partial charge in [0.15, 0.2) is 0 Å². The smallest absolute Gasteiger partial charge is 0.264 e. The zero-order valence-corrected chi connectivity index (χ0v) is 46.0. The molecule has 2 unspecified atom stereocenters. The van der Waals surface area contributed by atoms with Crippen LogP contribution in [0, 0.1) is 46.3 Å². The second kappa shape index (κ2) is 15.6. The minimum atomic E-state index is 0.0185. The van der Waals surface area contributed by atoms with E-state index in [0.29, 0.717) is 17.8 Å². The monoisotopic (exact) mass is 921 g/mol. The summed E-state index contributed by atoms with van der Waals surface area (Å²) in [6, 6.07) is 20.1. The first kappa shape index (κ1) is 47.4. The summed E-state index contributed by atoms with van der Waals surface area (Å²) >= 11 is 2.07. The van der Waals surface area contributed by atoms with Gasteiger partial charge >= 0.3 is 0 Å². The summed E-state index contributed by atoms with van der Waals surface area (Å²) in [5.41, 5.74) is 22.0. The third-order valence-electron chi connectivity index (χ3n) is 17.5. The Hall–Kier alpha value is -4.28. The number of allylic oxidation sites excluding steroid dienone is 11. The minimum Gasteiger partial charge on any atom is -0.315 e. The van der Waals surface area contributed by atoms with Gasteiger partial charge in [-0.15, -0.1) is 11.3 Å². The fraction of sp³-hybridized carbons (Fsp3) is 0.500. The SMILES string of the molecule is Cc1cc2c3c(c1)N(C1=CC(C(C)(C)C)CC(C(C)(C)C)=C1)c1c(sc4ccc(C(C)(C)C)cc14)B3C1=C(CC3C(=C1)C(C)(C)CCC3(C)C)N2c1ccc(C(C)(C)C)cc1C1=CC=CC[C@H]1C. The van der Waals surface area contributed by atoms with E-state index in [1.807, 2.05) is 0 Å². The molecular formula is C64H81BN2S. The normalized spacial score (nSPS) is 23.4. The molecule has 3 heterocycles. The lowest BCUT2D eigenvalue weighted by Gasteiger charge is -2.54. The van der Waals surface area contributed by atoms with Crippen LogP contribution in [0.2, 0.25) is 0 Å². The number of anilines is 4. The number of hydrogen-bond acceptors (Lipinski definition) is 3. The highest BCUT2D eigenvalue weighted by Gasteiger charge is 2.52. The Balaban J connectivity index is 1.35. The van der Waals surface area contributed by atoms with Gasteiger partial charge in [0.2, 0.25) is 0 Å². The highest BCUT2D eigenvalue weighted by molar-refractivity contribution is 7.33. The van der Waals surface area contributed by atoms with Crippen LogP contribution in [-0.4, -0.2) is 6.71 Å². The van der Waals surface area contributed by atoms with Gasteiger partial charge in [-0.05, 0) is 165 Å². The molecule has 0 bridgehead atoms. The quantitative estimate of drug-likeness (QED) is 0.189. The zero-order chi connectivity index (χ0) is 49.0. The molecule has 2 aliphatic heterocycles. The van der Waals surface area contributed by atoms with Crippen molar-refractivity contribution in [1.82, 2.24) is 0 Å². The van der Waals surface area contributed by atoms with Crippen molar-refractivity contribution in [3.05, 3.63) is 135 Å². The van der Waals surface area contributed by atoms with Crippen LogP contribution in [-0.2, 0) is 10.8 Å². The van der Waals surface area contributed by atoms with Crippen LogP contribution in [0.4, 0.5) is 22.7 Å². The van der Waals surface area contributed by atoms with E-state index in [1.165, 1.54) is 101 Å². The number of benzene rings is 3. The van der Waals surface area contributed by atoms with Crippen LogP contribution < -0.4 is 20.0 Å². The average molecular weight is 921 g/mol. The molecule has 356 valence electrons. The molecule has 0 N–H and O–H groups in total. The summed E-state index contributed by atoms with van der Waals surface area (Å²) in [4.78, 5) is 5.61. The lowest BCUT2D eigenvalue weighted by molar-refractivity contribution is 0.121. The van der Waals surface area contributed by atoms with Crippen LogP contribution in [0.25, 0.3) is 15.7 Å². The van der Waals surface area contributed by atoms with Gasteiger partial charge in [0.05, 0.1) is 11.4 Å². The average Bonchev–Trinajstić information content (AvgIpc) is 3.62. The van der Waals surface area contributed by atoms with Crippen molar-refractivity contribution >= 4 is 66.7 Å². The summed E-state index contributed by atoms with van der Waals surface area (Å²) < 4.78 is 2.89. The Labute approximate surface area is 416 Å². The molecule has 0 saturated heterocycles. The summed E-state index contributed by atoms with van der Waals surface area (Å²) in [5.74, 6) is 1.29. The highest BCUT2D eigenvalue weighted by atomic mass is 32.1. The van der Waals surface area contributed by atoms with Crippen molar-refractivity contribution in [2.45, 2.75) is 168 Å². The molecule has 4 aliphatic carbocycles. The number of nitrogens with zero attached hydrogens (tertiary/aromatic N) is 2. The zero-order valence-electron chi connectivity index (χ0n) is 45.2. The molecule has 10 rings (SSSR count). The van der Waals surface area contributed by atoms with Crippen LogP contribution in [0.3, 0.4) is 0 Å². The molecule has 68 heavy (non-hydrogen) atoms. The van der Waals surface area contributed by atoms with Crippen molar-refractivity contribution in [3.8, 4) is 0 Å². The van der Waals surface area contributed by atoms with Crippen molar-refractivity contribution in [1.29, 1.82) is 0 Å². The second-order valence-electron chi connectivity index (χ2n) is 27.6. The summed E-state index contributed by atoms with van der Waals surface area (Å²) in [6.45, 7) is 44.0. The van der Waals surface area contributed by atoms with E-state index in [0.717, 1.165) is 19.3 Å². The number of hydrogen-bond donors (Lipinski definition) is 0. The van der Waals surface area contributed by atoms with Gasteiger partial charge in [0, 0.05) is 43.2 Å². The van der Waals surface area contributed by atoms with Gasteiger partial charge in [-0.25, -0.2) is 0 Å². The Morgan fingerprint density at radius 2 is 1.38 bits per heavy atom. The molecule has 1 saturated carbocycles. The summed E-state index contributed by atoms with van der Waals surface area (Å²) in [7, 11) is 0.